The van der Waals surface area contributed by atoms with Gasteiger partial charge in [-0.1, -0.05) is 34.8 Å². The molecule has 24 heavy (non-hydrogen) atoms. The molecule has 0 heterocycles. The molecular formula is C18H20Cl3NO2. The Labute approximate surface area is 157 Å². The van der Waals surface area contributed by atoms with Crippen LogP contribution in [0.3, 0.4) is 0 Å². The Bertz CT molecular complexity index is 685. The zero-order chi connectivity index (χ0) is 17.7. The van der Waals surface area contributed by atoms with Gasteiger partial charge in [-0.2, -0.15) is 0 Å². The van der Waals surface area contributed by atoms with Gasteiger partial charge in [0.05, 0.1) is 12.7 Å². The summed E-state index contributed by atoms with van der Waals surface area (Å²) in [4.78, 5) is 0. The van der Waals surface area contributed by atoms with E-state index in [1.165, 1.54) is 0 Å². The molecule has 1 N–H and O–H groups in total. The van der Waals surface area contributed by atoms with Crippen LogP contribution >= 0.6 is 34.8 Å². The third-order valence-corrected chi connectivity index (χ3v) is 3.91. The molecule has 2 rings (SSSR count). The van der Waals surface area contributed by atoms with Crippen molar-refractivity contribution in [3.63, 3.8) is 0 Å². The van der Waals surface area contributed by atoms with E-state index >= 15 is 0 Å². The molecule has 3 nitrogen and oxygen atoms in total. The number of benzene rings is 2. The summed E-state index contributed by atoms with van der Waals surface area (Å²) in [6.45, 7) is 6.91. The maximum atomic E-state index is 6.39. The van der Waals surface area contributed by atoms with Crippen molar-refractivity contribution >= 4 is 40.5 Å². The van der Waals surface area contributed by atoms with Crippen molar-refractivity contribution in [3.8, 4) is 11.5 Å². The fourth-order valence-electron chi connectivity index (χ4n) is 2.18. The van der Waals surface area contributed by atoms with Crippen molar-refractivity contribution in [1.29, 1.82) is 0 Å². The van der Waals surface area contributed by atoms with Crippen molar-refractivity contribution in [2.24, 2.45) is 0 Å². The molecule has 0 aliphatic carbocycles. The minimum Gasteiger partial charge on any atom is -0.490 e. The monoisotopic (exact) mass is 387 g/mol. The van der Waals surface area contributed by atoms with Gasteiger partial charge in [-0.05, 0) is 50.6 Å². The zero-order valence-electron chi connectivity index (χ0n) is 13.8. The molecule has 2 aromatic carbocycles. The number of rotatable bonds is 7. The molecule has 130 valence electrons. The molecule has 0 atom stereocenters. The van der Waals surface area contributed by atoms with E-state index in [-0.39, 0.29) is 6.10 Å². The molecule has 0 amide bonds. The quantitative estimate of drug-likeness (QED) is 0.591. The lowest BCUT2D eigenvalue weighted by Gasteiger charge is -2.17. The van der Waals surface area contributed by atoms with Crippen LogP contribution in [0.1, 0.15) is 26.3 Å². The van der Waals surface area contributed by atoms with Gasteiger partial charge in [-0.15, -0.1) is 0 Å². The largest absolute Gasteiger partial charge is 0.490 e. The second kappa shape index (κ2) is 8.70. The predicted molar refractivity (Wildman–Crippen MR) is 102 cm³/mol. The smallest absolute Gasteiger partial charge is 0.163 e. The van der Waals surface area contributed by atoms with Crippen LogP contribution in [-0.2, 0) is 6.54 Å². The standard InChI is InChI=1S/C18H20Cl3NO2/c1-4-23-17-5-12(16(21)9-18(17)24-11(2)3)10-22-15-7-13(19)6-14(20)8-15/h5-9,11,22H,4,10H2,1-3H3. The third-order valence-electron chi connectivity index (χ3n) is 3.12. The molecule has 0 saturated heterocycles. The van der Waals surface area contributed by atoms with E-state index in [1.807, 2.05) is 26.8 Å². The second-order valence-electron chi connectivity index (χ2n) is 5.50. The highest BCUT2D eigenvalue weighted by atomic mass is 35.5. The molecule has 6 heteroatoms. The van der Waals surface area contributed by atoms with Gasteiger partial charge in [0.2, 0.25) is 0 Å². The van der Waals surface area contributed by atoms with E-state index in [1.54, 1.807) is 24.3 Å². The molecule has 0 unspecified atom stereocenters. The van der Waals surface area contributed by atoms with E-state index in [0.717, 1.165) is 11.3 Å². The van der Waals surface area contributed by atoms with Gasteiger partial charge in [0.25, 0.3) is 0 Å². The van der Waals surface area contributed by atoms with E-state index in [0.29, 0.717) is 39.7 Å². The highest BCUT2D eigenvalue weighted by molar-refractivity contribution is 6.35. The Morgan fingerprint density at radius 3 is 2.21 bits per heavy atom. The number of hydrogen-bond acceptors (Lipinski definition) is 3. The summed E-state index contributed by atoms with van der Waals surface area (Å²) in [5, 5.41) is 5.02. The molecule has 0 saturated carbocycles. The normalized spacial score (nSPS) is 10.8. The minimum absolute atomic E-state index is 0.0397. The molecule has 0 spiro atoms. The predicted octanol–water partition coefficient (Wildman–Crippen LogP) is 6.44. The zero-order valence-corrected chi connectivity index (χ0v) is 16.1. The van der Waals surface area contributed by atoms with Gasteiger partial charge in [0.1, 0.15) is 0 Å². The molecule has 0 aliphatic heterocycles. The van der Waals surface area contributed by atoms with Crippen LogP contribution in [-0.4, -0.2) is 12.7 Å². The molecule has 0 aromatic heterocycles. The average Bonchev–Trinajstić information content (AvgIpc) is 2.47. The summed E-state index contributed by atoms with van der Waals surface area (Å²) in [5.74, 6) is 1.32. The molecule has 0 bridgehead atoms. The number of halogens is 3. The number of hydrogen-bond donors (Lipinski definition) is 1. The Morgan fingerprint density at radius 2 is 1.62 bits per heavy atom. The van der Waals surface area contributed by atoms with Crippen molar-refractivity contribution < 1.29 is 9.47 Å². The summed E-state index contributed by atoms with van der Waals surface area (Å²) < 4.78 is 11.4. The average molecular weight is 389 g/mol. The summed E-state index contributed by atoms with van der Waals surface area (Å²) >= 11 is 18.4. The Kier molecular flexibility index (Phi) is 6.90. The summed E-state index contributed by atoms with van der Waals surface area (Å²) in [6, 6.07) is 8.98. The summed E-state index contributed by atoms with van der Waals surface area (Å²) in [5.41, 5.74) is 1.72. The van der Waals surface area contributed by atoms with Crippen molar-refractivity contribution in [2.45, 2.75) is 33.4 Å². The highest BCUT2D eigenvalue weighted by Gasteiger charge is 2.12. The van der Waals surface area contributed by atoms with Crippen LogP contribution < -0.4 is 14.8 Å². The van der Waals surface area contributed by atoms with Crippen LogP contribution in [0.25, 0.3) is 0 Å². The minimum atomic E-state index is 0.0397. The van der Waals surface area contributed by atoms with Crippen molar-refractivity contribution in [1.82, 2.24) is 0 Å². The highest BCUT2D eigenvalue weighted by Crippen LogP contribution is 2.35. The number of anilines is 1. The van der Waals surface area contributed by atoms with Crippen LogP contribution in [0.4, 0.5) is 5.69 Å². The van der Waals surface area contributed by atoms with Crippen LogP contribution in [0.5, 0.6) is 11.5 Å². The lowest BCUT2D eigenvalue weighted by atomic mass is 10.2. The van der Waals surface area contributed by atoms with E-state index in [4.69, 9.17) is 44.3 Å². The molecular weight excluding hydrogens is 369 g/mol. The number of nitrogens with one attached hydrogen (secondary N) is 1. The molecule has 0 aliphatic rings. The van der Waals surface area contributed by atoms with Gasteiger partial charge in [0, 0.05) is 33.4 Å². The Balaban J connectivity index is 2.21. The fourth-order valence-corrected chi connectivity index (χ4v) is 2.93. The van der Waals surface area contributed by atoms with Crippen LogP contribution in [0, 0.1) is 0 Å². The van der Waals surface area contributed by atoms with Gasteiger partial charge >= 0.3 is 0 Å². The lowest BCUT2D eigenvalue weighted by Crippen LogP contribution is -2.08. The molecule has 2 aromatic rings. The maximum absolute atomic E-state index is 6.39. The summed E-state index contributed by atoms with van der Waals surface area (Å²) in [7, 11) is 0. The van der Waals surface area contributed by atoms with Crippen LogP contribution in [0.2, 0.25) is 15.1 Å². The first-order valence-electron chi connectivity index (χ1n) is 7.71. The summed E-state index contributed by atoms with van der Waals surface area (Å²) in [6.07, 6.45) is 0.0397. The Morgan fingerprint density at radius 1 is 0.958 bits per heavy atom. The molecule has 0 fully saturated rings. The first kappa shape index (κ1) is 19.0. The van der Waals surface area contributed by atoms with E-state index in [2.05, 4.69) is 5.32 Å². The van der Waals surface area contributed by atoms with Crippen molar-refractivity contribution in [2.75, 3.05) is 11.9 Å². The molecule has 0 radical (unpaired) electrons. The van der Waals surface area contributed by atoms with Gasteiger partial charge in [0.15, 0.2) is 11.5 Å². The van der Waals surface area contributed by atoms with Gasteiger partial charge in [-0.3, -0.25) is 0 Å². The fraction of sp³-hybridized carbons (Fsp3) is 0.333. The SMILES string of the molecule is CCOc1cc(CNc2cc(Cl)cc(Cl)c2)c(Cl)cc1OC(C)C. The second-order valence-corrected chi connectivity index (χ2v) is 6.78. The van der Waals surface area contributed by atoms with E-state index < -0.39 is 0 Å². The van der Waals surface area contributed by atoms with E-state index in [9.17, 15) is 0 Å². The van der Waals surface area contributed by atoms with Crippen molar-refractivity contribution in [3.05, 3.63) is 51.0 Å². The lowest BCUT2D eigenvalue weighted by molar-refractivity contribution is 0.224. The topological polar surface area (TPSA) is 30.5 Å². The number of ether oxygens (including phenoxy) is 2. The first-order chi connectivity index (χ1) is 11.4. The van der Waals surface area contributed by atoms with Gasteiger partial charge < -0.3 is 14.8 Å². The Hall–Kier alpha value is -1.29. The van der Waals surface area contributed by atoms with Gasteiger partial charge in [-0.25, -0.2) is 0 Å². The first-order valence-corrected chi connectivity index (χ1v) is 8.84. The van der Waals surface area contributed by atoms with Crippen LogP contribution in [0.15, 0.2) is 30.3 Å². The third kappa shape index (κ3) is 5.37. The maximum Gasteiger partial charge on any atom is 0.163 e.